The summed E-state index contributed by atoms with van der Waals surface area (Å²) in [6, 6.07) is 0.923. The highest BCUT2D eigenvalue weighted by molar-refractivity contribution is 5.73. The zero-order chi connectivity index (χ0) is 21.1. The van der Waals surface area contributed by atoms with Crippen LogP contribution in [0.4, 0.5) is 9.18 Å². The third-order valence-electron chi connectivity index (χ3n) is 3.56. The Morgan fingerprint density at radius 1 is 1.36 bits per heavy atom. The molecule has 2 heterocycles. The number of aliphatic hydroxyl groups is 2. The molecule has 28 heavy (non-hydrogen) atoms. The van der Waals surface area contributed by atoms with Crippen LogP contribution in [-0.4, -0.2) is 69.3 Å². The Hall–Kier alpha value is -2.77. The van der Waals surface area contributed by atoms with Gasteiger partial charge in [-0.15, -0.1) is 0 Å². The predicted octanol–water partition coefficient (Wildman–Crippen LogP) is -1.44. The number of aliphatic hydroxyl groups excluding tert-OH is 2. The van der Waals surface area contributed by atoms with Crippen molar-refractivity contribution in [1.82, 2.24) is 9.55 Å². The van der Waals surface area contributed by atoms with Crippen molar-refractivity contribution >= 4 is 12.1 Å². The first-order valence-electron chi connectivity index (χ1n) is 8.07. The Morgan fingerprint density at radius 2 is 2.04 bits per heavy atom. The molecule has 1 aromatic rings. The van der Waals surface area contributed by atoms with Crippen LogP contribution in [-0.2, 0) is 23.7 Å². The lowest BCUT2D eigenvalue weighted by molar-refractivity contribution is -0.210. The fourth-order valence-electron chi connectivity index (χ4n) is 2.33. The monoisotopic (exact) mass is 406 g/mol. The Bertz CT molecular complexity index is 837. The number of H-pyrrole nitrogens is 1. The molecule has 1 aliphatic heterocycles. The zero-order valence-electron chi connectivity index (χ0n) is 14.9. The lowest BCUT2D eigenvalue weighted by Gasteiger charge is -2.22. The van der Waals surface area contributed by atoms with Crippen LogP contribution in [0.3, 0.4) is 0 Å². The van der Waals surface area contributed by atoms with Gasteiger partial charge in [-0.05, 0) is 13.8 Å². The van der Waals surface area contributed by atoms with Crippen LogP contribution >= 0.6 is 0 Å². The number of esters is 1. The van der Waals surface area contributed by atoms with Crippen LogP contribution in [0.15, 0.2) is 21.9 Å². The lowest BCUT2D eigenvalue weighted by Crippen LogP contribution is -2.43. The van der Waals surface area contributed by atoms with Crippen molar-refractivity contribution in [1.29, 1.82) is 0 Å². The number of ether oxygens (including phenoxy) is 4. The molecule has 12 nitrogen and oxygen atoms in total. The molecule has 0 aliphatic carbocycles. The molecule has 1 aromatic heterocycles. The van der Waals surface area contributed by atoms with Gasteiger partial charge in [0.2, 0.25) is 0 Å². The molecule has 0 saturated carbocycles. The summed E-state index contributed by atoms with van der Waals surface area (Å²) in [5.41, 5.74) is -1.75. The van der Waals surface area contributed by atoms with Gasteiger partial charge in [0.05, 0.1) is 6.10 Å². The van der Waals surface area contributed by atoms with Gasteiger partial charge in [-0.2, -0.15) is 0 Å². The number of aromatic nitrogens is 2. The molecular formula is C15H19FN2O10. The summed E-state index contributed by atoms with van der Waals surface area (Å²) in [6.45, 7) is 1.17. The molecule has 0 amide bonds. The first kappa shape index (κ1) is 21.5. The molecule has 0 radical (unpaired) electrons. The van der Waals surface area contributed by atoms with Crippen molar-refractivity contribution in [3.63, 3.8) is 0 Å². The summed E-state index contributed by atoms with van der Waals surface area (Å²) in [7, 11) is 0. The molecule has 0 bridgehead atoms. The van der Waals surface area contributed by atoms with Gasteiger partial charge >= 0.3 is 17.8 Å². The van der Waals surface area contributed by atoms with E-state index in [4.69, 9.17) is 9.47 Å². The van der Waals surface area contributed by atoms with E-state index in [2.05, 4.69) is 9.47 Å². The van der Waals surface area contributed by atoms with E-state index in [0.29, 0.717) is 4.57 Å². The second-order valence-electron chi connectivity index (χ2n) is 6.11. The van der Waals surface area contributed by atoms with Crippen LogP contribution in [0.2, 0.25) is 0 Å². The largest absolute Gasteiger partial charge is 0.509 e. The highest BCUT2D eigenvalue weighted by Crippen LogP contribution is 2.37. The van der Waals surface area contributed by atoms with Gasteiger partial charge in [0.15, 0.2) is 19.4 Å². The summed E-state index contributed by atoms with van der Waals surface area (Å²) in [4.78, 5) is 47.4. The van der Waals surface area contributed by atoms with E-state index in [9.17, 15) is 33.8 Å². The minimum absolute atomic E-state index is 0.432. The lowest BCUT2D eigenvalue weighted by atomic mass is 10.1. The number of carbonyl (C=O) groups excluding carboxylic acids is 2. The van der Waals surface area contributed by atoms with E-state index in [1.165, 1.54) is 0 Å². The predicted molar refractivity (Wildman–Crippen MR) is 85.8 cm³/mol. The molecule has 0 aromatic carbocycles. The first-order chi connectivity index (χ1) is 13.0. The number of hydrogen-bond acceptors (Lipinski definition) is 10. The first-order valence-corrected chi connectivity index (χ1v) is 8.07. The third-order valence-corrected chi connectivity index (χ3v) is 3.56. The molecule has 3 N–H and O–H groups in total. The van der Waals surface area contributed by atoms with Crippen LogP contribution in [0.1, 0.15) is 20.1 Å². The standard InChI is InChI=1S/C15H19FN2O10/c1-7(2)27-9(20)5-25-14(24)26-6-15(16)11(22)10(21)12(28-15)18-4-3-8(19)17-13(18)23/h3-4,7,10-12,21-22H,5-6H2,1-2H3,(H,17,19,23)/t10-,11+,12-,15-/m1/s1. The summed E-state index contributed by atoms with van der Waals surface area (Å²) < 4.78 is 33.9. The maximum Gasteiger partial charge on any atom is 0.509 e. The molecule has 1 aliphatic rings. The van der Waals surface area contributed by atoms with Crippen LogP contribution in [0.25, 0.3) is 0 Å². The summed E-state index contributed by atoms with van der Waals surface area (Å²) >= 11 is 0. The number of carbonyl (C=O) groups is 2. The number of alkyl halides is 1. The van der Waals surface area contributed by atoms with Crippen molar-refractivity contribution in [2.45, 2.75) is 44.2 Å². The topological polar surface area (TPSA) is 166 Å². The van der Waals surface area contributed by atoms with Gasteiger partial charge in [-0.3, -0.25) is 14.3 Å². The van der Waals surface area contributed by atoms with Gasteiger partial charge in [-0.25, -0.2) is 18.8 Å². The number of aromatic amines is 1. The maximum absolute atomic E-state index is 14.8. The average molecular weight is 406 g/mol. The van der Waals surface area contributed by atoms with Crippen LogP contribution < -0.4 is 11.2 Å². The molecule has 2 rings (SSSR count). The summed E-state index contributed by atoms with van der Waals surface area (Å²) in [6.07, 6.45) is -6.77. The van der Waals surface area contributed by atoms with Crippen molar-refractivity contribution in [3.05, 3.63) is 33.1 Å². The summed E-state index contributed by atoms with van der Waals surface area (Å²) in [5, 5.41) is 19.8. The molecular weight excluding hydrogens is 387 g/mol. The fraction of sp³-hybridized carbons (Fsp3) is 0.600. The molecule has 1 saturated heterocycles. The zero-order valence-corrected chi connectivity index (χ0v) is 14.9. The highest BCUT2D eigenvalue weighted by atomic mass is 19.2. The van der Waals surface area contributed by atoms with Crippen molar-refractivity contribution < 1.29 is 43.1 Å². The Kier molecular flexibility index (Phi) is 6.53. The number of rotatable bonds is 6. The van der Waals surface area contributed by atoms with Crippen LogP contribution in [0, 0.1) is 0 Å². The van der Waals surface area contributed by atoms with E-state index in [-0.39, 0.29) is 0 Å². The third kappa shape index (κ3) is 4.94. The number of hydrogen-bond donors (Lipinski definition) is 3. The Morgan fingerprint density at radius 3 is 2.64 bits per heavy atom. The molecule has 13 heteroatoms. The fourth-order valence-corrected chi connectivity index (χ4v) is 2.33. The molecule has 0 unspecified atom stereocenters. The minimum Gasteiger partial charge on any atom is -0.460 e. The second kappa shape index (κ2) is 8.50. The van der Waals surface area contributed by atoms with E-state index in [1.54, 1.807) is 13.8 Å². The normalized spacial score (nSPS) is 26.9. The van der Waals surface area contributed by atoms with Gasteiger partial charge in [0.1, 0.15) is 12.2 Å². The van der Waals surface area contributed by atoms with Gasteiger partial charge in [0, 0.05) is 12.3 Å². The molecule has 0 spiro atoms. The Balaban J connectivity index is 1.98. The average Bonchev–Trinajstić information content (AvgIpc) is 2.82. The van der Waals surface area contributed by atoms with Crippen molar-refractivity contribution in [3.8, 4) is 0 Å². The van der Waals surface area contributed by atoms with Crippen molar-refractivity contribution in [2.75, 3.05) is 13.2 Å². The molecule has 1 fully saturated rings. The number of nitrogens with zero attached hydrogens (tertiary/aromatic N) is 1. The SMILES string of the molecule is CC(C)OC(=O)COC(=O)OC[C@@]1(F)O[C@@H](n2ccc(=O)[nH]c2=O)[C@H](O)[C@@H]1O. The molecule has 156 valence electrons. The van der Waals surface area contributed by atoms with E-state index < -0.39 is 67.0 Å². The maximum atomic E-state index is 14.8. The van der Waals surface area contributed by atoms with E-state index >= 15 is 0 Å². The number of halogens is 1. The van der Waals surface area contributed by atoms with Crippen LogP contribution in [0.5, 0.6) is 0 Å². The van der Waals surface area contributed by atoms with E-state index in [0.717, 1.165) is 12.3 Å². The van der Waals surface area contributed by atoms with Gasteiger partial charge in [0.25, 0.3) is 11.4 Å². The van der Waals surface area contributed by atoms with Gasteiger partial charge in [-0.1, -0.05) is 0 Å². The smallest absolute Gasteiger partial charge is 0.460 e. The van der Waals surface area contributed by atoms with E-state index in [1.807, 2.05) is 4.98 Å². The summed E-state index contributed by atoms with van der Waals surface area (Å²) in [5.74, 6) is -3.94. The highest BCUT2D eigenvalue weighted by Gasteiger charge is 2.57. The Labute approximate surface area is 156 Å². The molecule has 4 atom stereocenters. The second-order valence-corrected chi connectivity index (χ2v) is 6.11. The van der Waals surface area contributed by atoms with Crippen molar-refractivity contribution in [2.24, 2.45) is 0 Å². The minimum atomic E-state index is -3.09. The number of nitrogens with one attached hydrogen (secondary N) is 1. The van der Waals surface area contributed by atoms with Gasteiger partial charge < -0.3 is 29.2 Å². The quantitative estimate of drug-likeness (QED) is 0.476.